The summed E-state index contributed by atoms with van der Waals surface area (Å²) in [7, 11) is 0. The number of hydrogen-bond donors (Lipinski definition) is 1. The molecule has 33 heavy (non-hydrogen) atoms. The van der Waals surface area contributed by atoms with Gasteiger partial charge >= 0.3 is 0 Å². The maximum absolute atomic E-state index is 12.1. The van der Waals surface area contributed by atoms with Gasteiger partial charge in [0.2, 0.25) is 5.91 Å². The van der Waals surface area contributed by atoms with Crippen molar-refractivity contribution in [2.45, 2.75) is 31.8 Å². The third kappa shape index (κ3) is 8.48. The van der Waals surface area contributed by atoms with E-state index in [0.717, 1.165) is 16.0 Å². The second-order valence-corrected chi connectivity index (χ2v) is 8.87. The highest BCUT2D eigenvalue weighted by Crippen LogP contribution is 2.29. The van der Waals surface area contributed by atoms with Crippen molar-refractivity contribution < 1.29 is 14.3 Å². The average molecular weight is 483 g/mol. The molecular weight excluding hydrogens is 456 g/mol. The van der Waals surface area contributed by atoms with Crippen LogP contribution in [0.15, 0.2) is 76.7 Å². The standard InChI is InChI=1S/C26H27ClN2O3S/c1-3-31-25-16-20(9-12-24(25)32-18-21-5-4-6-22(27)15-21)17-28-29-26(30)13-14-33-23-10-7-19(2)8-11-23/h4-12,15-17H,3,13-14,18H2,1-2H3,(H,29,30)/b28-17-. The predicted octanol–water partition coefficient (Wildman–Crippen LogP) is 6.26. The summed E-state index contributed by atoms with van der Waals surface area (Å²) in [5.74, 6) is 1.81. The number of nitrogens with zero attached hydrogens (tertiary/aromatic N) is 1. The smallest absolute Gasteiger partial charge is 0.240 e. The fourth-order valence-corrected chi connectivity index (χ4v) is 3.98. The lowest BCUT2D eigenvalue weighted by Gasteiger charge is -2.12. The second kappa shape index (κ2) is 12.9. The molecule has 0 aliphatic heterocycles. The number of amides is 1. The zero-order chi connectivity index (χ0) is 23.5. The van der Waals surface area contributed by atoms with Gasteiger partial charge in [-0.3, -0.25) is 4.79 Å². The number of aryl methyl sites for hydroxylation is 1. The molecule has 1 amide bonds. The van der Waals surface area contributed by atoms with Crippen LogP contribution in [-0.2, 0) is 11.4 Å². The monoisotopic (exact) mass is 482 g/mol. The first kappa shape index (κ1) is 24.7. The Balaban J connectivity index is 1.50. The average Bonchev–Trinajstić information content (AvgIpc) is 2.80. The third-order valence-corrected chi connectivity index (χ3v) is 5.82. The van der Waals surface area contributed by atoms with Crippen molar-refractivity contribution in [3.8, 4) is 11.5 Å². The molecule has 3 aromatic carbocycles. The Morgan fingerprint density at radius 1 is 1.06 bits per heavy atom. The zero-order valence-electron chi connectivity index (χ0n) is 18.7. The Kier molecular flexibility index (Phi) is 9.66. The zero-order valence-corrected chi connectivity index (χ0v) is 20.3. The van der Waals surface area contributed by atoms with Crippen LogP contribution in [0.1, 0.15) is 30.0 Å². The minimum atomic E-state index is -0.127. The van der Waals surface area contributed by atoms with Crippen LogP contribution < -0.4 is 14.9 Å². The summed E-state index contributed by atoms with van der Waals surface area (Å²) < 4.78 is 11.6. The van der Waals surface area contributed by atoms with Gasteiger partial charge in [-0.2, -0.15) is 5.10 Å². The SMILES string of the molecule is CCOc1cc(/C=N\NC(=O)CCSc2ccc(C)cc2)ccc1OCc1cccc(Cl)c1. The molecule has 0 bridgehead atoms. The maximum atomic E-state index is 12.1. The third-order valence-electron chi connectivity index (χ3n) is 4.57. The van der Waals surface area contributed by atoms with Gasteiger partial charge in [0.05, 0.1) is 12.8 Å². The largest absolute Gasteiger partial charge is 0.490 e. The van der Waals surface area contributed by atoms with Crippen molar-refractivity contribution in [3.63, 3.8) is 0 Å². The number of hydrogen-bond acceptors (Lipinski definition) is 5. The van der Waals surface area contributed by atoms with Gasteiger partial charge in [0.25, 0.3) is 0 Å². The van der Waals surface area contributed by atoms with Crippen molar-refractivity contribution in [3.05, 3.63) is 88.4 Å². The molecule has 0 unspecified atom stereocenters. The number of ether oxygens (including phenoxy) is 2. The van der Waals surface area contributed by atoms with Crippen molar-refractivity contribution in [1.82, 2.24) is 5.43 Å². The first-order chi connectivity index (χ1) is 16.0. The van der Waals surface area contributed by atoms with Crippen LogP contribution in [0.3, 0.4) is 0 Å². The van der Waals surface area contributed by atoms with E-state index in [9.17, 15) is 4.79 Å². The van der Waals surface area contributed by atoms with Crippen LogP contribution >= 0.6 is 23.4 Å². The van der Waals surface area contributed by atoms with E-state index in [1.165, 1.54) is 5.56 Å². The van der Waals surface area contributed by atoms with Crippen molar-refractivity contribution in [2.24, 2.45) is 5.10 Å². The molecule has 3 rings (SSSR count). The van der Waals surface area contributed by atoms with Crippen LogP contribution in [0.4, 0.5) is 0 Å². The Bertz CT molecular complexity index is 1090. The first-order valence-corrected chi connectivity index (χ1v) is 12.1. The second-order valence-electron chi connectivity index (χ2n) is 7.26. The van der Waals surface area contributed by atoms with Crippen LogP contribution in [0.25, 0.3) is 0 Å². The van der Waals surface area contributed by atoms with E-state index in [0.29, 0.717) is 41.9 Å². The van der Waals surface area contributed by atoms with Gasteiger partial charge < -0.3 is 9.47 Å². The molecule has 3 aromatic rings. The van der Waals surface area contributed by atoms with Crippen LogP contribution in [0.5, 0.6) is 11.5 Å². The fourth-order valence-electron chi connectivity index (χ4n) is 2.91. The summed E-state index contributed by atoms with van der Waals surface area (Å²) in [6, 6.07) is 21.3. The molecule has 0 saturated carbocycles. The van der Waals surface area contributed by atoms with Gasteiger partial charge in [-0.05, 0) is 67.4 Å². The summed E-state index contributed by atoms with van der Waals surface area (Å²) in [5.41, 5.74) is 5.56. The molecule has 0 heterocycles. The molecule has 1 N–H and O–H groups in total. The number of halogens is 1. The van der Waals surface area contributed by atoms with Gasteiger partial charge in [0.1, 0.15) is 6.61 Å². The normalized spacial score (nSPS) is 10.9. The number of carbonyl (C=O) groups excluding carboxylic acids is 1. The molecule has 0 atom stereocenters. The van der Waals surface area contributed by atoms with Gasteiger partial charge in [0, 0.05) is 22.1 Å². The fraction of sp³-hybridized carbons (Fsp3) is 0.231. The summed E-state index contributed by atoms with van der Waals surface area (Å²) >= 11 is 7.68. The number of rotatable bonds is 11. The molecule has 7 heteroatoms. The topological polar surface area (TPSA) is 59.9 Å². The Morgan fingerprint density at radius 3 is 2.64 bits per heavy atom. The number of thioether (sulfide) groups is 1. The number of carbonyl (C=O) groups is 1. The molecular formula is C26H27ClN2O3S. The predicted molar refractivity (Wildman–Crippen MR) is 136 cm³/mol. The molecule has 0 aromatic heterocycles. The minimum absolute atomic E-state index is 0.127. The summed E-state index contributed by atoms with van der Waals surface area (Å²) in [4.78, 5) is 13.2. The van der Waals surface area contributed by atoms with Crippen molar-refractivity contribution in [1.29, 1.82) is 0 Å². The van der Waals surface area contributed by atoms with Gasteiger partial charge in [-0.1, -0.05) is 41.4 Å². The molecule has 0 saturated heterocycles. The molecule has 0 spiro atoms. The summed E-state index contributed by atoms with van der Waals surface area (Å²) in [6.45, 7) is 4.85. The Morgan fingerprint density at radius 2 is 1.88 bits per heavy atom. The molecule has 0 fully saturated rings. The van der Waals surface area contributed by atoms with Crippen LogP contribution in [0, 0.1) is 6.92 Å². The molecule has 0 aliphatic carbocycles. The van der Waals surface area contributed by atoms with E-state index in [4.69, 9.17) is 21.1 Å². The highest BCUT2D eigenvalue weighted by Gasteiger charge is 2.07. The number of benzene rings is 3. The first-order valence-electron chi connectivity index (χ1n) is 10.7. The maximum Gasteiger partial charge on any atom is 0.240 e. The van der Waals surface area contributed by atoms with E-state index >= 15 is 0 Å². The van der Waals surface area contributed by atoms with Gasteiger partial charge in [-0.15, -0.1) is 11.8 Å². The van der Waals surface area contributed by atoms with Crippen molar-refractivity contribution in [2.75, 3.05) is 12.4 Å². The van der Waals surface area contributed by atoms with E-state index in [1.54, 1.807) is 18.0 Å². The van der Waals surface area contributed by atoms with Gasteiger partial charge in [0.15, 0.2) is 11.5 Å². The molecule has 172 valence electrons. The highest BCUT2D eigenvalue weighted by molar-refractivity contribution is 7.99. The van der Waals surface area contributed by atoms with E-state index in [-0.39, 0.29) is 5.91 Å². The molecule has 0 aliphatic rings. The van der Waals surface area contributed by atoms with E-state index in [1.807, 2.05) is 49.4 Å². The number of nitrogens with one attached hydrogen (secondary N) is 1. The van der Waals surface area contributed by atoms with E-state index < -0.39 is 0 Å². The number of hydrazone groups is 1. The summed E-state index contributed by atoms with van der Waals surface area (Å²) in [5, 5.41) is 4.74. The summed E-state index contributed by atoms with van der Waals surface area (Å²) in [6.07, 6.45) is 1.98. The lowest BCUT2D eigenvalue weighted by molar-refractivity contribution is -0.120. The lowest BCUT2D eigenvalue weighted by Crippen LogP contribution is -2.17. The van der Waals surface area contributed by atoms with Gasteiger partial charge in [-0.25, -0.2) is 5.43 Å². The van der Waals surface area contributed by atoms with Crippen LogP contribution in [0.2, 0.25) is 5.02 Å². The van der Waals surface area contributed by atoms with Crippen LogP contribution in [-0.4, -0.2) is 24.5 Å². The highest BCUT2D eigenvalue weighted by atomic mass is 35.5. The van der Waals surface area contributed by atoms with Crippen molar-refractivity contribution >= 4 is 35.5 Å². The molecule has 0 radical (unpaired) electrons. The Hall–Kier alpha value is -2.96. The lowest BCUT2D eigenvalue weighted by atomic mass is 10.2. The van der Waals surface area contributed by atoms with E-state index in [2.05, 4.69) is 41.7 Å². The minimum Gasteiger partial charge on any atom is -0.490 e. The molecule has 5 nitrogen and oxygen atoms in total. The quantitative estimate of drug-likeness (QED) is 0.199. The Labute approximate surface area is 204 Å².